The highest BCUT2D eigenvalue weighted by Crippen LogP contribution is 1.98. The highest BCUT2D eigenvalue weighted by Gasteiger charge is 1.95. The molecule has 0 heterocycles. The quantitative estimate of drug-likeness (QED) is 0.451. The number of carboxylic acids is 1. The first-order valence-electron chi connectivity index (χ1n) is 3.56. The Morgan fingerprint density at radius 2 is 2.27 bits per heavy atom. The van der Waals surface area contributed by atoms with Crippen LogP contribution in [0.1, 0.15) is 19.3 Å². The SMILES string of the molecule is C=COCCCC[CH]C(=O)O. The third kappa shape index (κ3) is 9.01. The van der Waals surface area contributed by atoms with Crippen LogP contribution in [-0.2, 0) is 9.53 Å². The summed E-state index contributed by atoms with van der Waals surface area (Å²) in [6.07, 6.45) is 4.97. The van der Waals surface area contributed by atoms with Crippen molar-refractivity contribution in [1.82, 2.24) is 0 Å². The summed E-state index contributed by atoms with van der Waals surface area (Å²) >= 11 is 0. The van der Waals surface area contributed by atoms with Gasteiger partial charge < -0.3 is 9.84 Å². The van der Waals surface area contributed by atoms with Crippen LogP contribution in [0.15, 0.2) is 12.8 Å². The summed E-state index contributed by atoms with van der Waals surface area (Å²) in [5.41, 5.74) is 0. The molecule has 1 radical (unpaired) electrons. The van der Waals surface area contributed by atoms with E-state index >= 15 is 0 Å². The van der Waals surface area contributed by atoms with Crippen molar-refractivity contribution in [1.29, 1.82) is 0 Å². The lowest BCUT2D eigenvalue weighted by molar-refractivity contribution is -0.133. The van der Waals surface area contributed by atoms with Crippen LogP contribution in [-0.4, -0.2) is 17.7 Å². The predicted molar refractivity (Wildman–Crippen MR) is 41.9 cm³/mol. The second-order valence-electron chi connectivity index (χ2n) is 2.08. The van der Waals surface area contributed by atoms with Crippen molar-refractivity contribution in [2.75, 3.05) is 6.61 Å². The van der Waals surface area contributed by atoms with E-state index in [1.165, 1.54) is 12.7 Å². The lowest BCUT2D eigenvalue weighted by Crippen LogP contribution is -1.96. The summed E-state index contributed by atoms with van der Waals surface area (Å²) in [6, 6.07) is 0. The molecular formula is C8H13O3. The average Bonchev–Trinajstić information content (AvgIpc) is 1.96. The molecule has 0 aliphatic rings. The van der Waals surface area contributed by atoms with Crippen molar-refractivity contribution >= 4 is 5.97 Å². The molecule has 0 fully saturated rings. The van der Waals surface area contributed by atoms with Crippen molar-refractivity contribution in [2.24, 2.45) is 0 Å². The second kappa shape index (κ2) is 7.12. The van der Waals surface area contributed by atoms with Crippen LogP contribution in [0.5, 0.6) is 0 Å². The highest BCUT2D eigenvalue weighted by atomic mass is 16.5. The van der Waals surface area contributed by atoms with Gasteiger partial charge in [-0.05, 0) is 19.3 Å². The fourth-order valence-electron chi connectivity index (χ4n) is 0.639. The molecule has 11 heavy (non-hydrogen) atoms. The monoisotopic (exact) mass is 157 g/mol. The van der Waals surface area contributed by atoms with Gasteiger partial charge in [-0.3, -0.25) is 4.79 Å². The maximum Gasteiger partial charge on any atom is 0.307 e. The molecule has 0 atom stereocenters. The van der Waals surface area contributed by atoms with Gasteiger partial charge in [0.05, 0.1) is 19.3 Å². The minimum Gasteiger partial charge on any atom is -0.502 e. The number of rotatable bonds is 7. The molecule has 3 nitrogen and oxygen atoms in total. The van der Waals surface area contributed by atoms with Crippen molar-refractivity contribution in [3.63, 3.8) is 0 Å². The molecular weight excluding hydrogens is 144 g/mol. The zero-order valence-corrected chi connectivity index (χ0v) is 6.45. The van der Waals surface area contributed by atoms with Crippen molar-refractivity contribution < 1.29 is 14.6 Å². The van der Waals surface area contributed by atoms with Gasteiger partial charge in [0.25, 0.3) is 0 Å². The summed E-state index contributed by atoms with van der Waals surface area (Å²) in [7, 11) is 0. The Balaban J connectivity index is 2.90. The third-order valence-electron chi connectivity index (χ3n) is 1.15. The van der Waals surface area contributed by atoms with Crippen molar-refractivity contribution in [2.45, 2.75) is 19.3 Å². The van der Waals surface area contributed by atoms with Gasteiger partial charge in [0, 0.05) is 0 Å². The second-order valence-corrected chi connectivity index (χ2v) is 2.08. The third-order valence-corrected chi connectivity index (χ3v) is 1.15. The molecule has 0 bridgehead atoms. The number of hydrogen-bond donors (Lipinski definition) is 1. The smallest absolute Gasteiger partial charge is 0.307 e. The van der Waals surface area contributed by atoms with Gasteiger partial charge in [0.2, 0.25) is 0 Å². The number of aliphatic carboxylic acids is 1. The van der Waals surface area contributed by atoms with Crippen LogP contribution in [0, 0.1) is 6.42 Å². The summed E-state index contributed by atoms with van der Waals surface area (Å²) in [6.45, 7) is 4.00. The zero-order valence-electron chi connectivity index (χ0n) is 6.45. The molecule has 63 valence electrons. The van der Waals surface area contributed by atoms with Gasteiger partial charge in [-0.1, -0.05) is 6.58 Å². The normalized spacial score (nSPS) is 9.09. The molecule has 1 N–H and O–H groups in total. The van der Waals surface area contributed by atoms with Crippen LogP contribution in [0.2, 0.25) is 0 Å². The fourth-order valence-corrected chi connectivity index (χ4v) is 0.639. The number of ether oxygens (including phenoxy) is 1. The minimum atomic E-state index is -0.852. The minimum absolute atomic E-state index is 0.607. The van der Waals surface area contributed by atoms with E-state index in [9.17, 15) is 4.79 Å². The maximum atomic E-state index is 9.99. The van der Waals surface area contributed by atoms with Crippen molar-refractivity contribution in [3.05, 3.63) is 19.3 Å². The molecule has 0 amide bonds. The lowest BCUT2D eigenvalue weighted by atomic mass is 10.2. The maximum absolute atomic E-state index is 9.99. The van der Waals surface area contributed by atoms with E-state index in [4.69, 9.17) is 9.84 Å². The van der Waals surface area contributed by atoms with Crippen LogP contribution in [0.25, 0.3) is 0 Å². The topological polar surface area (TPSA) is 46.5 Å². The van der Waals surface area contributed by atoms with E-state index in [2.05, 4.69) is 6.58 Å². The molecule has 0 spiro atoms. The van der Waals surface area contributed by atoms with Gasteiger partial charge in [0.15, 0.2) is 0 Å². The average molecular weight is 157 g/mol. The summed E-state index contributed by atoms with van der Waals surface area (Å²) in [5.74, 6) is -0.852. The zero-order chi connectivity index (χ0) is 8.53. The van der Waals surface area contributed by atoms with E-state index in [1.807, 2.05) is 0 Å². The van der Waals surface area contributed by atoms with Crippen LogP contribution in [0.3, 0.4) is 0 Å². The van der Waals surface area contributed by atoms with Gasteiger partial charge in [0.1, 0.15) is 0 Å². The molecule has 0 saturated carbocycles. The Morgan fingerprint density at radius 3 is 2.82 bits per heavy atom. The molecule has 0 aliphatic carbocycles. The van der Waals surface area contributed by atoms with Crippen molar-refractivity contribution in [3.8, 4) is 0 Å². The van der Waals surface area contributed by atoms with E-state index in [0.717, 1.165) is 12.8 Å². The molecule has 0 rings (SSSR count). The number of carbonyl (C=O) groups is 1. The first-order valence-corrected chi connectivity index (χ1v) is 3.56. The van der Waals surface area contributed by atoms with E-state index in [0.29, 0.717) is 13.0 Å². The van der Waals surface area contributed by atoms with Gasteiger partial charge >= 0.3 is 5.97 Å². The van der Waals surface area contributed by atoms with E-state index in [-0.39, 0.29) is 0 Å². The molecule has 0 aromatic rings. The largest absolute Gasteiger partial charge is 0.502 e. The Labute approximate surface area is 66.7 Å². The molecule has 0 aliphatic heterocycles. The van der Waals surface area contributed by atoms with Crippen LogP contribution >= 0.6 is 0 Å². The number of carboxylic acid groups (broad SMARTS) is 1. The standard InChI is InChI=1S/C8H13O3/c1-2-11-7-5-3-4-6-8(9)10/h2,6H,1,3-5,7H2,(H,9,10). The Bertz CT molecular complexity index is 121. The Kier molecular flexibility index (Phi) is 6.48. The fraction of sp³-hybridized carbons (Fsp3) is 0.500. The van der Waals surface area contributed by atoms with E-state index < -0.39 is 5.97 Å². The number of hydrogen-bond acceptors (Lipinski definition) is 2. The lowest BCUT2D eigenvalue weighted by Gasteiger charge is -1.98. The van der Waals surface area contributed by atoms with Gasteiger partial charge in [-0.15, -0.1) is 0 Å². The molecule has 3 heteroatoms. The van der Waals surface area contributed by atoms with Crippen LogP contribution < -0.4 is 0 Å². The highest BCUT2D eigenvalue weighted by molar-refractivity contribution is 5.76. The first kappa shape index (κ1) is 10.0. The molecule has 0 aromatic heterocycles. The first-order chi connectivity index (χ1) is 5.27. The summed E-state index contributed by atoms with van der Waals surface area (Å²) in [5, 5.41) is 8.21. The Hall–Kier alpha value is -0.990. The Morgan fingerprint density at radius 1 is 1.55 bits per heavy atom. The predicted octanol–water partition coefficient (Wildman–Crippen LogP) is 1.61. The van der Waals surface area contributed by atoms with Crippen LogP contribution in [0.4, 0.5) is 0 Å². The molecule has 0 unspecified atom stereocenters. The summed E-state index contributed by atoms with van der Waals surface area (Å²) < 4.78 is 4.84. The molecule has 0 saturated heterocycles. The summed E-state index contributed by atoms with van der Waals surface area (Å²) in [4.78, 5) is 9.99. The van der Waals surface area contributed by atoms with Gasteiger partial charge in [-0.2, -0.15) is 0 Å². The molecule has 0 aromatic carbocycles. The van der Waals surface area contributed by atoms with E-state index in [1.54, 1.807) is 0 Å². The number of unbranched alkanes of at least 4 members (excludes halogenated alkanes) is 2. The van der Waals surface area contributed by atoms with Gasteiger partial charge in [-0.25, -0.2) is 0 Å².